The van der Waals surface area contributed by atoms with Crippen molar-refractivity contribution < 1.29 is 9.59 Å². The summed E-state index contributed by atoms with van der Waals surface area (Å²) in [7, 11) is 0. The van der Waals surface area contributed by atoms with Gasteiger partial charge in [-0.25, -0.2) is 0 Å². The number of anilines is 2. The summed E-state index contributed by atoms with van der Waals surface area (Å²) >= 11 is 1.72. The van der Waals surface area contributed by atoms with E-state index in [0.29, 0.717) is 16.8 Å². The van der Waals surface area contributed by atoms with Gasteiger partial charge in [-0.1, -0.05) is 12.1 Å². The van der Waals surface area contributed by atoms with Gasteiger partial charge < -0.3 is 10.2 Å². The number of fused-ring (bicyclic) bond motifs is 1. The highest BCUT2D eigenvalue weighted by Gasteiger charge is 2.23. The fraction of sp³-hybridized carbons (Fsp3) is 0.250. The quantitative estimate of drug-likeness (QED) is 0.618. The van der Waals surface area contributed by atoms with Gasteiger partial charge in [0.25, 0.3) is 11.8 Å². The minimum absolute atomic E-state index is 0.0129. The van der Waals surface area contributed by atoms with Crippen molar-refractivity contribution in [1.82, 2.24) is 0 Å². The first-order valence-corrected chi connectivity index (χ1v) is 10.8. The van der Waals surface area contributed by atoms with Crippen molar-refractivity contribution in [3.63, 3.8) is 0 Å². The maximum Gasteiger partial charge on any atom is 0.258 e. The first kappa shape index (κ1) is 19.4. The van der Waals surface area contributed by atoms with Crippen molar-refractivity contribution in [2.45, 2.75) is 33.1 Å². The fourth-order valence-corrected chi connectivity index (χ4v) is 4.62. The van der Waals surface area contributed by atoms with Gasteiger partial charge >= 0.3 is 0 Å². The maximum absolute atomic E-state index is 13.1. The SMILES string of the molecule is Cc1cccc(C(=O)Nc2ccc(C(=O)N3CCCCc4sccc43)cc2)c1C. The Morgan fingerprint density at radius 1 is 1.00 bits per heavy atom. The smallest absolute Gasteiger partial charge is 0.258 e. The minimum atomic E-state index is -0.138. The number of benzene rings is 2. The third-order valence-electron chi connectivity index (χ3n) is 5.53. The lowest BCUT2D eigenvalue weighted by atomic mass is 10.0. The molecule has 0 saturated carbocycles. The number of carbonyl (C=O) groups excluding carboxylic acids is 2. The highest BCUT2D eigenvalue weighted by atomic mass is 32.1. The van der Waals surface area contributed by atoms with E-state index in [1.54, 1.807) is 35.6 Å². The maximum atomic E-state index is 13.1. The van der Waals surface area contributed by atoms with Gasteiger partial charge in [0.2, 0.25) is 0 Å². The van der Waals surface area contributed by atoms with Crippen molar-refractivity contribution in [3.05, 3.63) is 81.0 Å². The van der Waals surface area contributed by atoms with Crippen LogP contribution in [0.25, 0.3) is 0 Å². The van der Waals surface area contributed by atoms with Crippen LogP contribution in [0.5, 0.6) is 0 Å². The van der Waals surface area contributed by atoms with Gasteiger partial charge in [0.15, 0.2) is 0 Å². The average molecular weight is 405 g/mol. The molecule has 0 fully saturated rings. The molecule has 1 aromatic heterocycles. The average Bonchev–Trinajstić information content (AvgIpc) is 3.09. The molecular weight excluding hydrogens is 380 g/mol. The molecule has 2 aromatic carbocycles. The Bertz CT molecular complexity index is 1050. The van der Waals surface area contributed by atoms with Gasteiger partial charge in [0.1, 0.15) is 0 Å². The first-order valence-electron chi connectivity index (χ1n) is 9.90. The van der Waals surface area contributed by atoms with Crippen molar-refractivity contribution in [3.8, 4) is 0 Å². The first-order chi connectivity index (χ1) is 14.0. The number of hydrogen-bond donors (Lipinski definition) is 1. The molecule has 0 saturated heterocycles. The van der Waals surface area contributed by atoms with Crippen LogP contribution >= 0.6 is 11.3 Å². The van der Waals surface area contributed by atoms with E-state index >= 15 is 0 Å². The molecule has 29 heavy (non-hydrogen) atoms. The topological polar surface area (TPSA) is 49.4 Å². The third kappa shape index (κ3) is 3.96. The Balaban J connectivity index is 1.50. The standard InChI is InChI=1S/C24H24N2O2S/c1-16-6-5-7-20(17(16)2)23(27)25-19-11-9-18(10-12-19)24(28)26-14-4-3-8-22-21(26)13-15-29-22/h5-7,9-13,15H,3-4,8,14H2,1-2H3,(H,25,27). The van der Waals surface area contributed by atoms with Crippen LogP contribution in [0.1, 0.15) is 49.6 Å². The fourth-order valence-electron chi connectivity index (χ4n) is 3.70. The van der Waals surface area contributed by atoms with E-state index < -0.39 is 0 Å². The van der Waals surface area contributed by atoms with Gasteiger partial charge in [-0.15, -0.1) is 11.3 Å². The van der Waals surface area contributed by atoms with Gasteiger partial charge in [0.05, 0.1) is 5.69 Å². The van der Waals surface area contributed by atoms with Crippen LogP contribution in [-0.2, 0) is 6.42 Å². The van der Waals surface area contributed by atoms with Crippen LogP contribution in [0.3, 0.4) is 0 Å². The molecule has 0 aliphatic carbocycles. The van der Waals surface area contributed by atoms with Gasteiger partial charge in [-0.05, 0) is 86.0 Å². The molecule has 1 aliphatic heterocycles. The van der Waals surface area contributed by atoms with E-state index in [1.807, 2.05) is 43.0 Å². The molecule has 1 N–H and O–H groups in total. The molecule has 3 aromatic rings. The summed E-state index contributed by atoms with van der Waals surface area (Å²) in [5, 5.41) is 4.99. The highest BCUT2D eigenvalue weighted by molar-refractivity contribution is 7.10. The minimum Gasteiger partial charge on any atom is -0.322 e. The number of carbonyl (C=O) groups is 2. The lowest BCUT2D eigenvalue weighted by Crippen LogP contribution is -2.31. The van der Waals surface area contributed by atoms with E-state index in [-0.39, 0.29) is 11.8 Å². The summed E-state index contributed by atoms with van der Waals surface area (Å²) < 4.78 is 0. The van der Waals surface area contributed by atoms with Crippen LogP contribution in [0, 0.1) is 13.8 Å². The molecule has 4 nitrogen and oxygen atoms in total. The Morgan fingerprint density at radius 3 is 2.59 bits per heavy atom. The second-order valence-corrected chi connectivity index (χ2v) is 8.42. The summed E-state index contributed by atoms with van der Waals surface area (Å²) in [6, 6.07) is 14.9. The zero-order valence-electron chi connectivity index (χ0n) is 16.7. The second-order valence-electron chi connectivity index (χ2n) is 7.42. The van der Waals surface area contributed by atoms with Crippen molar-refractivity contribution in [2.24, 2.45) is 0 Å². The number of amides is 2. The van der Waals surface area contributed by atoms with E-state index in [0.717, 1.165) is 42.6 Å². The van der Waals surface area contributed by atoms with E-state index in [2.05, 4.69) is 10.7 Å². The molecule has 0 bridgehead atoms. The van der Waals surface area contributed by atoms with Crippen LogP contribution in [-0.4, -0.2) is 18.4 Å². The molecule has 0 atom stereocenters. The Hall–Kier alpha value is -2.92. The molecule has 0 radical (unpaired) electrons. The van der Waals surface area contributed by atoms with Gasteiger partial charge in [-0.3, -0.25) is 9.59 Å². The zero-order valence-corrected chi connectivity index (χ0v) is 17.5. The summed E-state index contributed by atoms with van der Waals surface area (Å²) in [5.74, 6) is -0.125. The normalized spacial score (nSPS) is 13.5. The predicted molar refractivity (Wildman–Crippen MR) is 119 cm³/mol. The Labute approximate surface area is 175 Å². The molecule has 148 valence electrons. The summed E-state index contributed by atoms with van der Waals surface area (Å²) in [6.45, 7) is 4.69. The molecule has 5 heteroatoms. The zero-order chi connectivity index (χ0) is 20.4. The number of aryl methyl sites for hydroxylation is 2. The number of nitrogens with one attached hydrogen (secondary N) is 1. The third-order valence-corrected chi connectivity index (χ3v) is 6.50. The van der Waals surface area contributed by atoms with Gasteiger partial charge in [-0.2, -0.15) is 0 Å². The van der Waals surface area contributed by atoms with E-state index in [4.69, 9.17) is 0 Å². The van der Waals surface area contributed by atoms with Crippen molar-refractivity contribution in [2.75, 3.05) is 16.8 Å². The molecular formula is C24H24N2O2S. The van der Waals surface area contributed by atoms with Crippen LogP contribution in [0.2, 0.25) is 0 Å². The number of nitrogens with zero attached hydrogens (tertiary/aromatic N) is 1. The molecule has 2 amide bonds. The van der Waals surface area contributed by atoms with Crippen molar-refractivity contribution >= 4 is 34.5 Å². The Kier molecular flexibility index (Phi) is 5.49. The lowest BCUT2D eigenvalue weighted by Gasteiger charge is -2.21. The molecule has 0 spiro atoms. The van der Waals surface area contributed by atoms with Crippen LogP contribution < -0.4 is 10.2 Å². The van der Waals surface area contributed by atoms with E-state index in [9.17, 15) is 9.59 Å². The van der Waals surface area contributed by atoms with E-state index in [1.165, 1.54) is 4.88 Å². The molecule has 0 unspecified atom stereocenters. The molecule has 1 aliphatic rings. The van der Waals surface area contributed by atoms with Crippen molar-refractivity contribution in [1.29, 1.82) is 0 Å². The second kappa shape index (κ2) is 8.21. The summed E-state index contributed by atoms with van der Waals surface area (Å²) in [5.41, 5.74) is 5.09. The molecule has 4 rings (SSSR count). The number of thiophene rings is 1. The van der Waals surface area contributed by atoms with Gasteiger partial charge in [0, 0.05) is 28.2 Å². The highest BCUT2D eigenvalue weighted by Crippen LogP contribution is 2.32. The number of hydrogen-bond acceptors (Lipinski definition) is 3. The predicted octanol–water partition coefficient (Wildman–Crippen LogP) is 5.60. The van der Waals surface area contributed by atoms with Crippen LogP contribution in [0.15, 0.2) is 53.9 Å². The monoisotopic (exact) mass is 404 g/mol. The summed E-state index contributed by atoms with van der Waals surface area (Å²) in [6.07, 6.45) is 3.16. The summed E-state index contributed by atoms with van der Waals surface area (Å²) in [4.78, 5) is 28.9. The lowest BCUT2D eigenvalue weighted by molar-refractivity contribution is 0.0985. The van der Waals surface area contributed by atoms with Crippen LogP contribution in [0.4, 0.5) is 11.4 Å². The molecule has 2 heterocycles. The Morgan fingerprint density at radius 2 is 1.79 bits per heavy atom. The number of rotatable bonds is 3. The largest absolute Gasteiger partial charge is 0.322 e.